The summed E-state index contributed by atoms with van der Waals surface area (Å²) in [5.41, 5.74) is 17.5. The molecule has 8 aromatic carbocycles. The number of hydrogen-bond acceptors (Lipinski definition) is 13. The number of likely N-dealkylation sites (tertiary alicyclic amines) is 4. The Bertz CT molecular complexity index is 6130. The van der Waals surface area contributed by atoms with Crippen molar-refractivity contribution in [1.29, 1.82) is 0 Å². The molecule has 8 aromatic heterocycles. The van der Waals surface area contributed by atoms with Crippen molar-refractivity contribution >= 4 is 67.2 Å². The molecule has 16 aromatic rings. The maximum atomic E-state index is 14.1. The average molecular weight is 1660 g/mol. The standard InChI is InChI=1S/C26H29N5O.C25H28N6O.C24H25N5O.C23H22FN5O/c1-29-19-24(17-27-29)22-8-9-25-23(15-22)16-28-31(25)18-21-11-13-30(14-12-21)26(32)10-7-20-5-3-2-4-6-20;1-29-18-23(27-28-29)21-8-9-24-22(15-21)16-26-31(24)17-20-11-13-30(14-12-20)25(32)10-7-19-5-3-2-4-6-19;1-16-4-3-5-20(8-16)24(30)28-14-18(9-17(28)2)15-29-23-7-6-19(10-21(23)13-27-29)22-11-25-26-12-22;1-15-8-16(13-28(15)23(30)20-4-2-3-5-21(20)24)14-29-22-7-6-17(9-18(22)12-27-29)19-10-25-26-11-19/h2-6,8-9,15-17,19,21H,7,10-14,18H2,1H3;2-6,8-9,15-16,18,20H,7,10-14,17H2,1H3;3-8,10-13,17-18H,9,14-15H2,1-2H3,(H,25,26);2-7,9-12,15-16H,8,13-14H2,1H3,(H,25,26)/t;;17-,18?;15-,16?/m..11/s1. The van der Waals surface area contributed by atoms with Crippen molar-refractivity contribution in [2.24, 2.45) is 37.8 Å². The summed E-state index contributed by atoms with van der Waals surface area (Å²) in [7, 11) is 3.80. The molecule has 4 amide bonds. The van der Waals surface area contributed by atoms with Crippen molar-refractivity contribution in [3.05, 3.63) is 284 Å². The van der Waals surface area contributed by atoms with E-state index in [1.165, 1.54) is 22.7 Å². The third-order valence-electron chi connectivity index (χ3n) is 25.0. The molecule has 12 heterocycles. The molecule has 25 nitrogen and oxygen atoms in total. The van der Waals surface area contributed by atoms with Gasteiger partial charge < -0.3 is 19.6 Å². The molecule has 0 spiro atoms. The lowest BCUT2D eigenvalue weighted by atomic mass is 9.96. The first-order valence-corrected chi connectivity index (χ1v) is 43.2. The number of aromatic amines is 2. The number of nitrogens with zero attached hydrogens (tertiary/aromatic N) is 19. The number of hydrogen-bond donors (Lipinski definition) is 2. The number of carbonyl (C=O) groups excluding carboxylic acids is 4. The zero-order chi connectivity index (χ0) is 85.2. The van der Waals surface area contributed by atoms with Gasteiger partial charge in [-0.1, -0.05) is 120 Å². The highest BCUT2D eigenvalue weighted by Crippen LogP contribution is 2.35. The molecule has 20 rings (SSSR count). The smallest absolute Gasteiger partial charge is 0.257 e. The Morgan fingerprint density at radius 3 is 1.28 bits per heavy atom. The molecule has 0 aliphatic carbocycles. The van der Waals surface area contributed by atoms with Crippen molar-refractivity contribution in [3.63, 3.8) is 0 Å². The SMILES string of the molecule is C[C@@H]1CC(Cn2ncc3cc(-c4cn[nH]c4)ccc32)CN1C(=O)c1ccccc1F.Cc1cccc(C(=O)N2CC(Cn3ncc4cc(-c5cn[nH]c5)ccc43)C[C@H]2C)c1.Cn1cc(-c2ccc3c(cnn3CC3CCN(C(=O)CCc4ccccc4)CC3)c2)cn1.Cn1cc(-c2ccc3c(cnn3CC3CCN(C(=O)CCc4ccccc4)CC3)c2)nn1. The molecule has 0 radical (unpaired) electrons. The zero-order valence-corrected chi connectivity index (χ0v) is 70.8. The largest absolute Gasteiger partial charge is 0.343 e. The van der Waals surface area contributed by atoms with E-state index in [1.54, 1.807) is 34.0 Å². The molecule has 0 saturated carbocycles. The number of carbonyl (C=O) groups is 4. The fraction of sp³-hybridized carbons (Fsp3) is 0.316. The lowest BCUT2D eigenvalue weighted by Crippen LogP contribution is -2.39. The quantitative estimate of drug-likeness (QED) is 0.0720. The summed E-state index contributed by atoms with van der Waals surface area (Å²) in [5.74, 6) is 1.72. The van der Waals surface area contributed by atoms with Gasteiger partial charge in [-0.2, -0.15) is 35.7 Å². The molecule has 4 aliphatic heterocycles. The van der Waals surface area contributed by atoms with Crippen molar-refractivity contribution in [3.8, 4) is 44.6 Å². The number of H-pyrrole nitrogens is 2. The van der Waals surface area contributed by atoms with E-state index in [9.17, 15) is 23.6 Å². The Balaban J connectivity index is 0.000000117. The first-order valence-electron chi connectivity index (χ1n) is 43.2. The molecular formula is C98H104FN21O4. The normalized spacial score (nSPS) is 16.8. The summed E-state index contributed by atoms with van der Waals surface area (Å²) in [6.07, 6.45) is 29.7. The van der Waals surface area contributed by atoms with E-state index >= 15 is 0 Å². The van der Waals surface area contributed by atoms with Gasteiger partial charge in [-0.25, -0.2) is 4.39 Å². The Labute approximate surface area is 719 Å². The van der Waals surface area contributed by atoms with Crippen LogP contribution in [0.2, 0.25) is 0 Å². The van der Waals surface area contributed by atoms with Crippen molar-refractivity contribution in [2.45, 2.75) is 123 Å². The van der Waals surface area contributed by atoms with Crippen LogP contribution >= 0.6 is 0 Å². The zero-order valence-electron chi connectivity index (χ0n) is 70.8. The molecule has 26 heteroatoms. The minimum atomic E-state index is -0.468. The van der Waals surface area contributed by atoms with Crippen LogP contribution in [-0.4, -0.2) is 179 Å². The van der Waals surface area contributed by atoms with Crippen LogP contribution in [0.1, 0.15) is 103 Å². The van der Waals surface area contributed by atoms with Crippen molar-refractivity contribution in [1.82, 2.24) is 104 Å². The van der Waals surface area contributed by atoms with Crippen molar-refractivity contribution < 1.29 is 23.6 Å². The van der Waals surface area contributed by atoms with E-state index in [0.717, 1.165) is 204 Å². The maximum Gasteiger partial charge on any atom is 0.257 e. The van der Waals surface area contributed by atoms with Crippen LogP contribution in [0.25, 0.3) is 88.2 Å². The van der Waals surface area contributed by atoms with Crippen LogP contribution in [0.3, 0.4) is 0 Å². The molecule has 124 heavy (non-hydrogen) atoms. The van der Waals surface area contributed by atoms with E-state index in [4.69, 9.17) is 0 Å². The number of halogens is 1. The second kappa shape index (κ2) is 37.7. The number of aromatic nitrogens is 17. The minimum Gasteiger partial charge on any atom is -0.343 e. The van der Waals surface area contributed by atoms with Crippen LogP contribution in [0, 0.1) is 36.4 Å². The summed E-state index contributed by atoms with van der Waals surface area (Å²) in [5, 5.41) is 49.2. The Kier molecular flexibility index (Phi) is 25.1. The number of amides is 4. The molecule has 632 valence electrons. The van der Waals surface area contributed by atoms with E-state index in [-0.39, 0.29) is 47.2 Å². The second-order valence-corrected chi connectivity index (χ2v) is 33.8. The third-order valence-corrected chi connectivity index (χ3v) is 25.0. The number of nitrogens with one attached hydrogen (secondary N) is 2. The molecule has 2 N–H and O–H groups in total. The van der Waals surface area contributed by atoms with Crippen LogP contribution in [0.15, 0.2) is 250 Å². The van der Waals surface area contributed by atoms with Gasteiger partial charge in [0.1, 0.15) is 11.5 Å². The van der Waals surface area contributed by atoms with Crippen LogP contribution in [-0.2, 0) is 62.7 Å². The molecule has 4 fully saturated rings. The summed E-state index contributed by atoms with van der Waals surface area (Å²) >= 11 is 0. The Hall–Kier alpha value is -13.8. The average Bonchev–Trinajstić information content (AvgIpc) is 1.66. The number of piperidine rings is 2. The fourth-order valence-electron chi connectivity index (χ4n) is 18.2. The van der Waals surface area contributed by atoms with Gasteiger partial charge in [0.2, 0.25) is 11.8 Å². The number of fused-ring (bicyclic) bond motifs is 4. The molecule has 4 saturated heterocycles. The molecular weight excluding hydrogens is 1550 g/mol. The highest BCUT2D eigenvalue weighted by molar-refractivity contribution is 5.96. The van der Waals surface area contributed by atoms with E-state index in [2.05, 4.69) is 174 Å². The predicted molar refractivity (Wildman–Crippen MR) is 479 cm³/mol. The number of benzene rings is 8. The third kappa shape index (κ3) is 19.4. The second-order valence-electron chi connectivity index (χ2n) is 33.8. The summed E-state index contributed by atoms with van der Waals surface area (Å²) in [6.45, 7) is 14.3. The van der Waals surface area contributed by atoms with E-state index < -0.39 is 5.82 Å². The van der Waals surface area contributed by atoms with Crippen LogP contribution in [0.4, 0.5) is 4.39 Å². The van der Waals surface area contributed by atoms with Crippen LogP contribution in [0.5, 0.6) is 0 Å². The lowest BCUT2D eigenvalue weighted by Gasteiger charge is -2.32. The summed E-state index contributed by atoms with van der Waals surface area (Å²) in [4.78, 5) is 59.0. The minimum absolute atomic E-state index is 0.0663. The lowest BCUT2D eigenvalue weighted by molar-refractivity contribution is -0.133. The highest BCUT2D eigenvalue weighted by Gasteiger charge is 2.36. The van der Waals surface area contributed by atoms with Gasteiger partial charge in [0.15, 0.2) is 0 Å². The molecule has 0 bridgehead atoms. The molecule has 4 aliphatic rings. The number of rotatable bonds is 20. The van der Waals surface area contributed by atoms with Crippen LogP contribution < -0.4 is 0 Å². The van der Waals surface area contributed by atoms with E-state index in [0.29, 0.717) is 37.1 Å². The maximum absolute atomic E-state index is 14.1. The van der Waals surface area contributed by atoms with Gasteiger partial charge in [-0.05, 0) is 196 Å². The van der Waals surface area contributed by atoms with Gasteiger partial charge in [0.25, 0.3) is 11.8 Å². The first kappa shape index (κ1) is 82.5. The van der Waals surface area contributed by atoms with Crippen molar-refractivity contribution in [2.75, 3.05) is 39.3 Å². The number of aryl methyl sites for hydroxylation is 5. The molecule has 4 atom stereocenters. The molecule has 2 unspecified atom stereocenters. The Morgan fingerprint density at radius 1 is 0.419 bits per heavy atom. The summed E-state index contributed by atoms with van der Waals surface area (Å²) in [6, 6.07) is 60.3. The van der Waals surface area contributed by atoms with Gasteiger partial charge in [-0.15, -0.1) is 5.10 Å². The predicted octanol–water partition coefficient (Wildman–Crippen LogP) is 16.4. The highest BCUT2D eigenvalue weighted by atomic mass is 19.1. The van der Waals surface area contributed by atoms with Gasteiger partial charge in [-0.3, -0.25) is 57.5 Å². The fourth-order valence-corrected chi connectivity index (χ4v) is 18.2. The van der Waals surface area contributed by atoms with E-state index in [1.807, 2.05) is 175 Å². The van der Waals surface area contributed by atoms with Gasteiger partial charge in [0.05, 0.1) is 77.2 Å². The Morgan fingerprint density at radius 2 is 0.855 bits per heavy atom. The first-order chi connectivity index (χ1) is 60.5. The van der Waals surface area contributed by atoms with Gasteiger partial charge >= 0.3 is 0 Å². The monoisotopic (exact) mass is 1660 g/mol. The van der Waals surface area contributed by atoms with Gasteiger partial charge in [0, 0.05) is 172 Å². The summed E-state index contributed by atoms with van der Waals surface area (Å²) < 4.78 is 25.9. The topological polar surface area (TPSA) is 258 Å².